The van der Waals surface area contributed by atoms with E-state index in [9.17, 15) is 22.8 Å². The predicted molar refractivity (Wildman–Crippen MR) is 177 cm³/mol. The predicted octanol–water partition coefficient (Wildman–Crippen LogP) is 2.61. The van der Waals surface area contributed by atoms with Crippen LogP contribution in [-0.2, 0) is 24.5 Å². The van der Waals surface area contributed by atoms with Gasteiger partial charge in [-0.05, 0) is 62.6 Å². The molecule has 14 heteroatoms. The monoisotopic (exact) mass is 656 g/mol. The molecule has 0 bridgehead atoms. The van der Waals surface area contributed by atoms with Crippen molar-refractivity contribution in [2.24, 2.45) is 17.4 Å². The number of carbonyl (C=O) groups is 3. The fourth-order valence-corrected chi connectivity index (χ4v) is 4.73. The van der Waals surface area contributed by atoms with Crippen molar-refractivity contribution in [1.29, 1.82) is 5.41 Å². The molecule has 46 heavy (non-hydrogen) atoms. The van der Waals surface area contributed by atoms with Crippen molar-refractivity contribution < 1.29 is 32.1 Å². The Morgan fingerprint density at radius 2 is 1.57 bits per heavy atom. The number of benzene rings is 3. The van der Waals surface area contributed by atoms with Crippen molar-refractivity contribution >= 4 is 44.6 Å². The number of amides is 2. The van der Waals surface area contributed by atoms with Gasteiger partial charge >= 0.3 is 5.97 Å². The van der Waals surface area contributed by atoms with E-state index < -0.39 is 46.0 Å². The Labute approximate surface area is 269 Å². The first-order chi connectivity index (χ1) is 21.6. The van der Waals surface area contributed by atoms with Gasteiger partial charge in [-0.15, -0.1) is 0 Å². The average Bonchev–Trinajstić information content (AvgIpc) is 2.98. The van der Waals surface area contributed by atoms with Gasteiger partial charge in [-0.3, -0.25) is 19.6 Å². The number of fused-ring (bicyclic) bond motifs is 1. The van der Waals surface area contributed by atoms with Crippen molar-refractivity contribution in [3.05, 3.63) is 72.3 Å². The highest BCUT2D eigenvalue weighted by atomic mass is 32.2. The number of carbonyl (C=O) groups excluding carboxylic acids is 3. The molecule has 0 aliphatic carbocycles. The Hall–Kier alpha value is -4.53. The first-order valence-corrected chi connectivity index (χ1v) is 16.2. The summed E-state index contributed by atoms with van der Waals surface area (Å²) in [6, 6.07) is 16.3. The third-order valence-electron chi connectivity index (χ3n) is 6.68. The number of aryl methyl sites for hydroxylation is 1. The van der Waals surface area contributed by atoms with Gasteiger partial charge in [0.25, 0.3) is 10.1 Å². The zero-order chi connectivity index (χ0) is 34.4. The summed E-state index contributed by atoms with van der Waals surface area (Å²) >= 11 is 0. The third kappa shape index (κ3) is 12.8. The minimum absolute atomic E-state index is 0.0666. The van der Waals surface area contributed by atoms with Crippen molar-refractivity contribution in [2.75, 3.05) is 6.54 Å². The molecule has 0 spiro atoms. The zero-order valence-electron chi connectivity index (χ0n) is 26.4. The maximum Gasteiger partial charge on any atom is 0.334 e. The first kappa shape index (κ1) is 37.7. The highest BCUT2D eigenvalue weighted by Crippen LogP contribution is 2.25. The highest BCUT2D eigenvalue weighted by molar-refractivity contribution is 7.85. The summed E-state index contributed by atoms with van der Waals surface area (Å²) in [6.45, 7) is 7.62. The molecule has 3 rings (SSSR count). The molecule has 250 valence electrons. The van der Waals surface area contributed by atoms with Crippen molar-refractivity contribution in [2.45, 2.75) is 70.0 Å². The zero-order valence-corrected chi connectivity index (χ0v) is 27.3. The van der Waals surface area contributed by atoms with Gasteiger partial charge in [0.1, 0.15) is 17.8 Å². The lowest BCUT2D eigenvalue weighted by molar-refractivity contribution is -0.140. The molecule has 0 aliphatic heterocycles. The van der Waals surface area contributed by atoms with Crippen LogP contribution < -0.4 is 32.2 Å². The molecule has 0 saturated carbocycles. The SMILES string of the molecule is CC(C)CC(N)C(=O)N[C@@H](C)C(=O)N[C@@H](CCCNC(=N)N)C(=O)Oc1cccc2ccccc12.Cc1ccc(S(=O)(=O)O)cc1. The normalized spacial score (nSPS) is 13.0. The highest BCUT2D eigenvalue weighted by Gasteiger charge is 2.27. The van der Waals surface area contributed by atoms with Gasteiger partial charge in [0.2, 0.25) is 11.8 Å². The van der Waals surface area contributed by atoms with Crippen LogP contribution in [0.25, 0.3) is 10.8 Å². The third-order valence-corrected chi connectivity index (χ3v) is 7.55. The number of guanidine groups is 1. The maximum atomic E-state index is 13.1. The largest absolute Gasteiger partial charge is 0.424 e. The van der Waals surface area contributed by atoms with Crippen LogP contribution >= 0.6 is 0 Å². The van der Waals surface area contributed by atoms with Gasteiger partial charge in [0.05, 0.1) is 10.9 Å². The first-order valence-electron chi connectivity index (χ1n) is 14.8. The number of hydrogen-bond donors (Lipinski definition) is 7. The van der Waals surface area contributed by atoms with Crippen LogP contribution in [0, 0.1) is 18.3 Å². The van der Waals surface area contributed by atoms with Gasteiger partial charge in [-0.1, -0.05) is 67.9 Å². The molecule has 0 saturated heterocycles. The van der Waals surface area contributed by atoms with Crippen molar-refractivity contribution in [3.63, 3.8) is 0 Å². The molecule has 0 aliphatic rings. The number of esters is 1. The van der Waals surface area contributed by atoms with E-state index in [0.717, 1.165) is 16.3 Å². The van der Waals surface area contributed by atoms with Crippen LogP contribution in [0.2, 0.25) is 0 Å². The Morgan fingerprint density at radius 1 is 0.935 bits per heavy atom. The molecular weight excluding hydrogens is 612 g/mol. The summed E-state index contributed by atoms with van der Waals surface area (Å²) < 4.78 is 35.2. The van der Waals surface area contributed by atoms with Crippen LogP contribution in [0.4, 0.5) is 0 Å². The minimum atomic E-state index is -4.02. The summed E-state index contributed by atoms with van der Waals surface area (Å²) in [7, 11) is -4.02. The van der Waals surface area contributed by atoms with E-state index in [1.165, 1.54) is 19.1 Å². The van der Waals surface area contributed by atoms with E-state index in [4.69, 9.17) is 26.2 Å². The fraction of sp³-hybridized carbons (Fsp3) is 0.375. The van der Waals surface area contributed by atoms with E-state index >= 15 is 0 Å². The molecule has 9 N–H and O–H groups in total. The second-order valence-electron chi connectivity index (χ2n) is 11.2. The van der Waals surface area contributed by atoms with E-state index in [2.05, 4.69) is 16.0 Å². The topological polar surface area (TPSA) is 227 Å². The van der Waals surface area contributed by atoms with Crippen molar-refractivity contribution in [3.8, 4) is 5.75 Å². The number of ether oxygens (including phenoxy) is 1. The molecule has 0 aromatic heterocycles. The van der Waals surface area contributed by atoms with E-state index in [-0.39, 0.29) is 23.2 Å². The Bertz CT molecular complexity index is 1590. The van der Waals surface area contributed by atoms with E-state index in [1.807, 2.05) is 51.1 Å². The van der Waals surface area contributed by atoms with Gasteiger partial charge in [0.15, 0.2) is 5.96 Å². The molecule has 2 amide bonds. The summed E-state index contributed by atoms with van der Waals surface area (Å²) in [5, 5.41) is 16.9. The summed E-state index contributed by atoms with van der Waals surface area (Å²) in [6.07, 6.45) is 1.17. The van der Waals surface area contributed by atoms with Crippen LogP contribution in [0.5, 0.6) is 5.75 Å². The molecule has 1 unspecified atom stereocenters. The number of hydrogen-bond acceptors (Lipinski definition) is 8. The summed E-state index contributed by atoms with van der Waals surface area (Å²) in [5.74, 6) is -1.16. The lowest BCUT2D eigenvalue weighted by Crippen LogP contribution is -2.54. The quantitative estimate of drug-likeness (QED) is 0.0355. The van der Waals surface area contributed by atoms with Gasteiger partial charge < -0.3 is 32.2 Å². The second kappa shape index (κ2) is 17.8. The second-order valence-corrected chi connectivity index (χ2v) is 12.6. The minimum Gasteiger partial charge on any atom is -0.424 e. The molecular formula is C32H44N6O7S. The molecule has 0 fully saturated rings. The van der Waals surface area contributed by atoms with Crippen LogP contribution in [0.1, 0.15) is 45.6 Å². The molecule has 0 heterocycles. The molecule has 3 aromatic carbocycles. The number of nitrogens with two attached hydrogens (primary N) is 2. The number of rotatable bonds is 13. The van der Waals surface area contributed by atoms with Gasteiger partial charge in [-0.25, -0.2) is 4.79 Å². The van der Waals surface area contributed by atoms with E-state index in [1.54, 1.807) is 24.3 Å². The Balaban J connectivity index is 0.000000562. The number of nitrogens with one attached hydrogen (secondary N) is 4. The molecule has 13 nitrogen and oxygen atoms in total. The van der Waals surface area contributed by atoms with Crippen molar-refractivity contribution in [1.82, 2.24) is 16.0 Å². The van der Waals surface area contributed by atoms with Crippen LogP contribution in [0.3, 0.4) is 0 Å². The molecule has 3 atom stereocenters. The Morgan fingerprint density at radius 3 is 2.17 bits per heavy atom. The summed E-state index contributed by atoms with van der Waals surface area (Å²) in [4.78, 5) is 38.1. The lowest BCUT2D eigenvalue weighted by atomic mass is 10.0. The van der Waals surface area contributed by atoms with Gasteiger partial charge in [-0.2, -0.15) is 8.42 Å². The van der Waals surface area contributed by atoms with Gasteiger partial charge in [0, 0.05) is 11.9 Å². The van der Waals surface area contributed by atoms with E-state index in [0.29, 0.717) is 25.1 Å². The standard InChI is InChI=1S/C25H36N6O4.C7H8O3S/c1-15(2)14-19(26)23(33)30-16(3)22(32)31-20(11-7-13-29-25(27)28)24(34)35-21-12-6-9-17-8-4-5-10-18(17)21;1-6-2-4-7(5-3-6)11(8,9)10/h4-6,8-10,12,15-16,19-20H,7,11,13-14,26H2,1-3H3,(H,30,33)(H,31,32)(H4,27,28,29);2-5H,1H3,(H,8,9,10)/t16-,19?,20-;/m0./s1. The summed E-state index contributed by atoms with van der Waals surface area (Å²) in [5.41, 5.74) is 12.2. The average molecular weight is 657 g/mol. The maximum absolute atomic E-state index is 13.1. The molecule has 3 aromatic rings. The smallest absolute Gasteiger partial charge is 0.334 e. The molecule has 0 radical (unpaired) electrons. The lowest BCUT2D eigenvalue weighted by Gasteiger charge is -2.22. The Kier molecular flexibility index (Phi) is 14.6. The fourth-order valence-electron chi connectivity index (χ4n) is 4.25. The van der Waals surface area contributed by atoms with Crippen LogP contribution in [0.15, 0.2) is 71.6 Å². The van der Waals surface area contributed by atoms with Crippen LogP contribution in [-0.4, -0.2) is 61.4 Å².